The maximum absolute atomic E-state index is 13.3. The molecule has 0 aliphatic rings. The van der Waals surface area contributed by atoms with E-state index >= 15 is 0 Å². The second-order valence-electron chi connectivity index (χ2n) is 7.56. The molecule has 3 atom stereocenters. The smallest absolute Gasteiger partial charge is 0.320 e. The van der Waals surface area contributed by atoms with Gasteiger partial charge in [-0.2, -0.15) is 0 Å². The van der Waals surface area contributed by atoms with E-state index in [2.05, 4.69) is 25.1 Å². The minimum atomic E-state index is -3.50. The first-order valence-corrected chi connectivity index (χ1v) is 12.0. The van der Waals surface area contributed by atoms with Crippen molar-refractivity contribution in [2.45, 2.75) is 58.9 Å². The van der Waals surface area contributed by atoms with Crippen LogP contribution < -0.4 is 15.9 Å². The number of esters is 1. The zero-order valence-electron chi connectivity index (χ0n) is 18.5. The van der Waals surface area contributed by atoms with Crippen LogP contribution in [0, 0.1) is 0 Å². The second-order valence-corrected chi connectivity index (χ2v) is 9.87. The summed E-state index contributed by atoms with van der Waals surface area (Å²) in [5.41, 5.74) is 6.80. The summed E-state index contributed by atoms with van der Waals surface area (Å²) in [6, 6.07) is -1.09. The number of hydrogen-bond acceptors (Lipinski definition) is 9. The van der Waals surface area contributed by atoms with E-state index in [1.807, 2.05) is 0 Å². The molecule has 5 N–H and O–H groups in total. The molecule has 178 valence electrons. The van der Waals surface area contributed by atoms with Gasteiger partial charge in [0.25, 0.3) is 0 Å². The number of aromatic nitrogens is 4. The zero-order chi connectivity index (χ0) is 23.9. The van der Waals surface area contributed by atoms with Crippen LogP contribution >= 0.6 is 7.44 Å². The van der Waals surface area contributed by atoms with Gasteiger partial charge in [-0.1, -0.05) is 0 Å². The van der Waals surface area contributed by atoms with Crippen molar-refractivity contribution in [3.8, 4) is 0 Å². The first kappa shape index (κ1) is 25.7. The predicted molar refractivity (Wildman–Crippen MR) is 117 cm³/mol. The Bertz CT molecular complexity index is 982. The van der Waals surface area contributed by atoms with Crippen molar-refractivity contribution in [1.82, 2.24) is 29.7 Å². The minimum absolute atomic E-state index is 0.0248. The highest BCUT2D eigenvalue weighted by molar-refractivity contribution is 7.59. The maximum atomic E-state index is 13.3. The summed E-state index contributed by atoms with van der Waals surface area (Å²) >= 11 is 0. The maximum Gasteiger partial charge on any atom is 0.320 e. The van der Waals surface area contributed by atoms with Gasteiger partial charge in [0.2, 0.25) is 7.44 Å². The number of nitrogens with two attached hydrogens (primary N) is 1. The van der Waals surface area contributed by atoms with Crippen LogP contribution in [0.15, 0.2) is 12.7 Å². The number of anilines is 1. The van der Waals surface area contributed by atoms with Crippen molar-refractivity contribution in [1.29, 1.82) is 0 Å². The summed E-state index contributed by atoms with van der Waals surface area (Å²) in [7, 11) is -3.50. The number of carboxylic acids is 1. The average molecular weight is 471 g/mol. The number of carboxylic acid groups (broad SMARTS) is 1. The molecular weight excluding hydrogens is 441 g/mol. The number of ether oxygens (including phenoxy) is 2. The van der Waals surface area contributed by atoms with E-state index in [9.17, 15) is 19.3 Å². The van der Waals surface area contributed by atoms with Gasteiger partial charge in [0.1, 0.15) is 24.2 Å². The van der Waals surface area contributed by atoms with Gasteiger partial charge in [-0.25, -0.2) is 20.0 Å². The molecule has 0 amide bonds. The summed E-state index contributed by atoms with van der Waals surface area (Å²) in [6.45, 7) is 6.96. The van der Waals surface area contributed by atoms with Gasteiger partial charge >= 0.3 is 11.9 Å². The Kier molecular flexibility index (Phi) is 9.08. The first-order chi connectivity index (χ1) is 15.0. The first-order valence-electron chi connectivity index (χ1n) is 10.1. The summed E-state index contributed by atoms with van der Waals surface area (Å²) in [5.74, 6) is -1.35. The molecule has 14 heteroatoms. The van der Waals surface area contributed by atoms with E-state index in [-0.39, 0.29) is 31.2 Å². The molecule has 0 radical (unpaired) electrons. The number of nitrogens with one attached hydrogen (secondary N) is 2. The van der Waals surface area contributed by atoms with Crippen LogP contribution in [0.25, 0.3) is 11.2 Å². The van der Waals surface area contributed by atoms with Gasteiger partial charge in [-0.05, 0) is 27.7 Å². The van der Waals surface area contributed by atoms with Crippen LogP contribution in [-0.2, 0) is 30.2 Å². The van der Waals surface area contributed by atoms with Gasteiger partial charge in [0.15, 0.2) is 11.5 Å². The van der Waals surface area contributed by atoms with Crippen molar-refractivity contribution in [3.05, 3.63) is 12.7 Å². The molecule has 0 aliphatic heterocycles. The number of imidazole rings is 1. The molecule has 2 rings (SSSR count). The van der Waals surface area contributed by atoms with Crippen molar-refractivity contribution in [2.24, 2.45) is 0 Å². The topological polar surface area (TPSA) is 184 Å². The van der Waals surface area contributed by atoms with Gasteiger partial charge in [0.05, 0.1) is 31.5 Å². The number of nitrogens with zero attached hydrogens (tertiary/aromatic N) is 4. The number of rotatable bonds is 13. The van der Waals surface area contributed by atoms with Crippen LogP contribution in [0.1, 0.15) is 34.1 Å². The van der Waals surface area contributed by atoms with Crippen molar-refractivity contribution in [2.75, 3.05) is 18.6 Å². The van der Waals surface area contributed by atoms with E-state index in [1.165, 1.54) is 13.3 Å². The lowest BCUT2D eigenvalue weighted by Crippen LogP contribution is -2.38. The lowest BCUT2D eigenvalue weighted by Gasteiger charge is -2.25. The van der Waals surface area contributed by atoms with Crippen molar-refractivity contribution < 1.29 is 28.7 Å². The lowest BCUT2D eigenvalue weighted by molar-refractivity contribution is -0.147. The highest BCUT2D eigenvalue weighted by Gasteiger charge is 2.28. The lowest BCUT2D eigenvalue weighted by atomic mass is 10.4. The molecular formula is C18H30N7O6P. The Morgan fingerprint density at radius 1 is 1.25 bits per heavy atom. The Labute approximate surface area is 185 Å². The molecule has 0 saturated carbocycles. The molecule has 0 bridgehead atoms. The summed E-state index contributed by atoms with van der Waals surface area (Å²) in [4.78, 5) is 35.2. The number of carbonyl (C=O) groups is 2. The fraction of sp³-hybridized carbons (Fsp3) is 0.611. The molecule has 0 aromatic carbocycles. The summed E-state index contributed by atoms with van der Waals surface area (Å²) < 4.78 is 25.8. The highest BCUT2D eigenvalue weighted by Crippen LogP contribution is 2.37. The number of hydrogen-bond donors (Lipinski definition) is 4. The van der Waals surface area contributed by atoms with Crippen LogP contribution in [0.5, 0.6) is 0 Å². The third kappa shape index (κ3) is 7.52. The number of carbonyl (C=O) groups excluding carboxylic acids is 1. The summed E-state index contributed by atoms with van der Waals surface area (Å²) in [6.07, 6.45) is 1.88. The van der Waals surface area contributed by atoms with E-state index < -0.39 is 31.5 Å². The SMILES string of the molecule is CC(C)OC(=O)CCNP(=O)(CO[C@H](C)Cn1cnc2c(N)ncnc21)N[C@H](C)C(=O)O. The van der Waals surface area contributed by atoms with Crippen LogP contribution in [0.4, 0.5) is 5.82 Å². The van der Waals surface area contributed by atoms with Gasteiger partial charge in [-0.3, -0.25) is 19.2 Å². The number of nitrogen functional groups attached to an aromatic ring is 1. The molecule has 0 saturated heterocycles. The average Bonchev–Trinajstić information content (AvgIpc) is 3.10. The Morgan fingerprint density at radius 2 is 1.97 bits per heavy atom. The van der Waals surface area contributed by atoms with Gasteiger partial charge in [-0.15, -0.1) is 0 Å². The zero-order valence-corrected chi connectivity index (χ0v) is 19.4. The normalized spacial score (nSPS) is 15.4. The third-order valence-electron chi connectivity index (χ3n) is 4.26. The number of aliphatic carboxylic acids is 1. The largest absolute Gasteiger partial charge is 0.480 e. The van der Waals surface area contributed by atoms with Gasteiger partial charge < -0.3 is 24.9 Å². The van der Waals surface area contributed by atoms with Crippen LogP contribution in [0.3, 0.4) is 0 Å². The molecule has 0 spiro atoms. The molecule has 0 fully saturated rings. The minimum Gasteiger partial charge on any atom is -0.480 e. The third-order valence-corrected chi connectivity index (χ3v) is 6.31. The van der Waals surface area contributed by atoms with Gasteiger partial charge in [0, 0.05) is 6.54 Å². The van der Waals surface area contributed by atoms with Crippen molar-refractivity contribution >= 4 is 36.4 Å². The van der Waals surface area contributed by atoms with E-state index in [0.717, 1.165) is 0 Å². The van der Waals surface area contributed by atoms with E-state index in [0.29, 0.717) is 17.7 Å². The summed E-state index contributed by atoms with van der Waals surface area (Å²) in [5, 5.41) is 14.5. The van der Waals surface area contributed by atoms with Crippen LogP contribution in [0.2, 0.25) is 0 Å². The van der Waals surface area contributed by atoms with E-state index in [1.54, 1.807) is 31.7 Å². The molecule has 1 unspecified atom stereocenters. The van der Waals surface area contributed by atoms with Crippen molar-refractivity contribution in [3.63, 3.8) is 0 Å². The Hall–Kier alpha value is -2.60. The Balaban J connectivity index is 1.99. The molecule has 32 heavy (non-hydrogen) atoms. The molecule has 2 heterocycles. The standard InChI is InChI=1S/C18H30N7O6P/c1-11(2)31-14(26)5-6-23-32(29,24-13(4)18(27)28)10-30-12(3)7-25-9-22-15-16(19)20-8-21-17(15)25/h8-9,11-13H,5-7,10H2,1-4H3,(H,27,28)(H2,19,20,21)(H2,23,24,29)/t12-,13-,32?/m1/s1. The highest BCUT2D eigenvalue weighted by atomic mass is 31.2. The molecule has 2 aromatic heterocycles. The predicted octanol–water partition coefficient (Wildman–Crippen LogP) is 0.958. The van der Waals surface area contributed by atoms with E-state index in [4.69, 9.17) is 15.2 Å². The number of fused-ring (bicyclic) bond motifs is 1. The molecule has 0 aliphatic carbocycles. The molecule has 2 aromatic rings. The quantitative estimate of drug-likeness (QED) is 0.240. The van der Waals surface area contributed by atoms with Crippen LogP contribution in [-0.4, -0.2) is 67.7 Å². The molecule has 13 nitrogen and oxygen atoms in total. The second kappa shape index (κ2) is 11.3. The monoisotopic (exact) mass is 471 g/mol. The Morgan fingerprint density at radius 3 is 2.62 bits per heavy atom. The fourth-order valence-corrected chi connectivity index (χ4v) is 4.68. The fourth-order valence-electron chi connectivity index (χ4n) is 2.75.